The molecule has 2 N–H and O–H groups in total. The third kappa shape index (κ3) is 4.36. The molecule has 0 aliphatic rings. The number of amides is 2. The number of hydrogen-bond donors (Lipinski definition) is 2. The quantitative estimate of drug-likeness (QED) is 0.891. The summed E-state index contributed by atoms with van der Waals surface area (Å²) >= 11 is 5.50. The van der Waals surface area contributed by atoms with Gasteiger partial charge in [0.2, 0.25) is 0 Å². The van der Waals surface area contributed by atoms with Crippen LogP contribution >= 0.6 is 11.6 Å². The van der Waals surface area contributed by atoms with Gasteiger partial charge in [0.15, 0.2) is 0 Å². The molecule has 0 unspecified atom stereocenters. The van der Waals surface area contributed by atoms with E-state index in [1.165, 1.54) is 6.07 Å². The molecule has 0 spiro atoms. The number of anilines is 1. The van der Waals surface area contributed by atoms with E-state index >= 15 is 0 Å². The van der Waals surface area contributed by atoms with Crippen LogP contribution in [0.3, 0.4) is 0 Å². The van der Waals surface area contributed by atoms with Gasteiger partial charge in [-0.15, -0.1) is 0 Å². The second-order valence-electron chi connectivity index (χ2n) is 4.36. The van der Waals surface area contributed by atoms with Gasteiger partial charge in [0, 0.05) is 24.6 Å². The van der Waals surface area contributed by atoms with Gasteiger partial charge in [-0.1, -0.05) is 11.6 Å². The molecule has 8 heteroatoms. The van der Waals surface area contributed by atoms with Crippen molar-refractivity contribution in [3.05, 3.63) is 58.9 Å². The third-order valence-electron chi connectivity index (χ3n) is 2.73. The van der Waals surface area contributed by atoms with Gasteiger partial charge in [-0.2, -0.15) is 13.2 Å². The van der Waals surface area contributed by atoms with Gasteiger partial charge in [-0.3, -0.25) is 4.98 Å². The molecule has 1 aromatic heterocycles. The molecule has 0 bridgehead atoms. The number of rotatable bonds is 3. The molecule has 0 saturated heterocycles. The highest BCUT2D eigenvalue weighted by molar-refractivity contribution is 6.31. The van der Waals surface area contributed by atoms with E-state index < -0.39 is 22.8 Å². The predicted octanol–water partition coefficient (Wildman–Crippen LogP) is 4.08. The molecule has 0 aliphatic carbocycles. The lowest BCUT2D eigenvalue weighted by molar-refractivity contribution is -0.137. The number of benzene rings is 1. The van der Waals surface area contributed by atoms with Crippen molar-refractivity contribution >= 4 is 23.3 Å². The van der Waals surface area contributed by atoms with E-state index in [2.05, 4.69) is 15.6 Å². The molecule has 22 heavy (non-hydrogen) atoms. The average Bonchev–Trinajstić information content (AvgIpc) is 2.47. The first kappa shape index (κ1) is 16.1. The lowest BCUT2D eigenvalue weighted by Gasteiger charge is -2.12. The highest BCUT2D eigenvalue weighted by Gasteiger charge is 2.33. The Morgan fingerprint density at radius 2 is 1.86 bits per heavy atom. The number of carbonyl (C=O) groups is 1. The topological polar surface area (TPSA) is 54.0 Å². The van der Waals surface area contributed by atoms with Crippen LogP contribution < -0.4 is 10.6 Å². The van der Waals surface area contributed by atoms with Crippen LogP contribution in [0.25, 0.3) is 0 Å². The fourth-order valence-corrected chi connectivity index (χ4v) is 1.90. The molecule has 0 aliphatic heterocycles. The maximum absolute atomic E-state index is 12.7. The summed E-state index contributed by atoms with van der Waals surface area (Å²) in [5, 5.41) is 4.43. The minimum absolute atomic E-state index is 0.00366. The van der Waals surface area contributed by atoms with E-state index in [9.17, 15) is 18.0 Å². The summed E-state index contributed by atoms with van der Waals surface area (Å²) in [6.07, 6.45) is -1.43. The third-order valence-corrected chi connectivity index (χ3v) is 3.06. The van der Waals surface area contributed by atoms with Crippen LogP contribution in [0.2, 0.25) is 5.02 Å². The van der Waals surface area contributed by atoms with Crippen molar-refractivity contribution in [3.8, 4) is 0 Å². The zero-order valence-electron chi connectivity index (χ0n) is 11.1. The number of pyridine rings is 1. The Labute approximate surface area is 129 Å². The Hall–Kier alpha value is -2.28. The Balaban J connectivity index is 2.00. The van der Waals surface area contributed by atoms with Crippen molar-refractivity contribution in [2.24, 2.45) is 0 Å². The summed E-state index contributed by atoms with van der Waals surface area (Å²) in [6, 6.07) is 5.97. The number of halogens is 4. The minimum atomic E-state index is -4.58. The SMILES string of the molecule is O=C(NCc1ccncc1)Nc1ccc(Cl)c(C(F)(F)F)c1. The molecule has 0 radical (unpaired) electrons. The highest BCUT2D eigenvalue weighted by atomic mass is 35.5. The number of urea groups is 1. The zero-order valence-corrected chi connectivity index (χ0v) is 11.9. The smallest absolute Gasteiger partial charge is 0.334 e. The fourth-order valence-electron chi connectivity index (χ4n) is 1.68. The molecule has 116 valence electrons. The van der Waals surface area contributed by atoms with Crippen molar-refractivity contribution in [2.75, 3.05) is 5.32 Å². The van der Waals surface area contributed by atoms with Gasteiger partial charge in [-0.25, -0.2) is 4.79 Å². The second kappa shape index (κ2) is 6.65. The maximum atomic E-state index is 12.7. The molecular weight excluding hydrogens is 319 g/mol. The van der Waals surface area contributed by atoms with Crippen LogP contribution in [0.1, 0.15) is 11.1 Å². The summed E-state index contributed by atoms with van der Waals surface area (Å²) in [5.74, 6) is 0. The molecule has 4 nitrogen and oxygen atoms in total. The monoisotopic (exact) mass is 329 g/mol. The molecule has 1 heterocycles. The van der Waals surface area contributed by atoms with E-state index in [1.807, 2.05) is 0 Å². The number of hydrogen-bond acceptors (Lipinski definition) is 2. The van der Waals surface area contributed by atoms with Gasteiger partial charge < -0.3 is 10.6 Å². The molecule has 2 aromatic rings. The number of nitrogens with one attached hydrogen (secondary N) is 2. The first-order chi connectivity index (χ1) is 10.4. The molecular formula is C14H11ClF3N3O. The standard InChI is InChI=1S/C14H11ClF3N3O/c15-12-2-1-10(7-11(12)14(16,17)18)21-13(22)20-8-9-3-5-19-6-4-9/h1-7H,8H2,(H2,20,21,22). The first-order valence-corrected chi connectivity index (χ1v) is 6.54. The van der Waals surface area contributed by atoms with Crippen molar-refractivity contribution in [2.45, 2.75) is 12.7 Å². The van der Waals surface area contributed by atoms with E-state index in [0.29, 0.717) is 0 Å². The molecule has 0 fully saturated rings. The fraction of sp³-hybridized carbons (Fsp3) is 0.143. The Morgan fingerprint density at radius 1 is 1.18 bits per heavy atom. The maximum Gasteiger partial charge on any atom is 0.417 e. The molecule has 1 aromatic carbocycles. The largest absolute Gasteiger partial charge is 0.417 e. The van der Waals surface area contributed by atoms with E-state index in [0.717, 1.165) is 17.7 Å². The zero-order chi connectivity index (χ0) is 16.2. The predicted molar refractivity (Wildman–Crippen MR) is 76.5 cm³/mol. The number of alkyl halides is 3. The summed E-state index contributed by atoms with van der Waals surface area (Å²) in [6.45, 7) is 0.230. The molecule has 0 saturated carbocycles. The summed E-state index contributed by atoms with van der Waals surface area (Å²) < 4.78 is 38.2. The van der Waals surface area contributed by atoms with Gasteiger partial charge in [-0.05, 0) is 35.9 Å². The van der Waals surface area contributed by atoms with Crippen LogP contribution in [0.5, 0.6) is 0 Å². The molecule has 0 atom stereocenters. The number of nitrogens with zero attached hydrogens (tertiary/aromatic N) is 1. The number of aromatic nitrogens is 1. The van der Waals surface area contributed by atoms with Crippen LogP contribution in [0.4, 0.5) is 23.7 Å². The van der Waals surface area contributed by atoms with Gasteiger partial charge >= 0.3 is 12.2 Å². The number of carbonyl (C=O) groups excluding carboxylic acids is 1. The van der Waals surface area contributed by atoms with Crippen molar-refractivity contribution in [1.82, 2.24) is 10.3 Å². The lowest BCUT2D eigenvalue weighted by atomic mass is 10.2. The first-order valence-electron chi connectivity index (χ1n) is 6.17. The molecule has 2 rings (SSSR count). The van der Waals surface area contributed by atoms with Crippen molar-refractivity contribution in [3.63, 3.8) is 0 Å². The van der Waals surface area contributed by atoms with E-state index in [-0.39, 0.29) is 12.2 Å². The summed E-state index contributed by atoms with van der Waals surface area (Å²) in [5.41, 5.74) is -0.178. The Bertz CT molecular complexity index is 662. The van der Waals surface area contributed by atoms with Gasteiger partial charge in [0.25, 0.3) is 0 Å². The van der Waals surface area contributed by atoms with Crippen LogP contribution in [-0.2, 0) is 12.7 Å². The summed E-state index contributed by atoms with van der Waals surface area (Å²) in [7, 11) is 0. The van der Waals surface area contributed by atoms with E-state index in [4.69, 9.17) is 11.6 Å². The van der Waals surface area contributed by atoms with Gasteiger partial charge in [0.1, 0.15) is 0 Å². The van der Waals surface area contributed by atoms with E-state index in [1.54, 1.807) is 24.5 Å². The Kier molecular flexibility index (Phi) is 4.87. The highest BCUT2D eigenvalue weighted by Crippen LogP contribution is 2.36. The minimum Gasteiger partial charge on any atom is -0.334 e. The Morgan fingerprint density at radius 3 is 2.50 bits per heavy atom. The van der Waals surface area contributed by atoms with Crippen LogP contribution in [0, 0.1) is 0 Å². The lowest BCUT2D eigenvalue weighted by Crippen LogP contribution is -2.28. The average molecular weight is 330 g/mol. The van der Waals surface area contributed by atoms with Crippen molar-refractivity contribution in [1.29, 1.82) is 0 Å². The van der Waals surface area contributed by atoms with Gasteiger partial charge in [0.05, 0.1) is 10.6 Å². The molecule has 2 amide bonds. The summed E-state index contributed by atoms with van der Waals surface area (Å²) in [4.78, 5) is 15.5. The second-order valence-corrected chi connectivity index (χ2v) is 4.76. The normalized spacial score (nSPS) is 11.1. The van der Waals surface area contributed by atoms with Crippen molar-refractivity contribution < 1.29 is 18.0 Å². The van der Waals surface area contributed by atoms with Crippen LogP contribution in [-0.4, -0.2) is 11.0 Å². The van der Waals surface area contributed by atoms with Crippen LogP contribution in [0.15, 0.2) is 42.7 Å².